The van der Waals surface area contributed by atoms with Gasteiger partial charge < -0.3 is 14.4 Å². The molecule has 1 aromatic carbocycles. The minimum absolute atomic E-state index is 0.0152. The van der Waals surface area contributed by atoms with Gasteiger partial charge in [-0.3, -0.25) is 4.79 Å². The lowest BCUT2D eigenvalue weighted by Gasteiger charge is -2.24. The lowest BCUT2D eigenvalue weighted by atomic mass is 10.2. The maximum Gasteiger partial charge on any atom is 0.267 e. The topological polar surface area (TPSA) is 38.8 Å². The first-order valence-corrected chi connectivity index (χ1v) is 9.48. The maximum absolute atomic E-state index is 13.1. The van der Waals surface area contributed by atoms with E-state index in [9.17, 15) is 4.79 Å². The molecule has 0 bridgehead atoms. The molecule has 2 aromatic rings. The van der Waals surface area contributed by atoms with Crippen LogP contribution < -0.4 is 4.74 Å². The Kier molecular flexibility index (Phi) is 7.47. The van der Waals surface area contributed by atoms with Gasteiger partial charge in [0.15, 0.2) is 0 Å². The number of amides is 1. The summed E-state index contributed by atoms with van der Waals surface area (Å²) >= 11 is 1.49. The summed E-state index contributed by atoms with van der Waals surface area (Å²) in [6, 6.07) is 12.1. The van der Waals surface area contributed by atoms with Crippen molar-refractivity contribution in [3.05, 3.63) is 41.3 Å². The van der Waals surface area contributed by atoms with Crippen LogP contribution in [0.2, 0.25) is 0 Å². The number of methoxy groups -OCH3 is 1. The van der Waals surface area contributed by atoms with E-state index in [1.807, 2.05) is 48.2 Å². The zero-order valence-corrected chi connectivity index (χ0v) is 16.3. The van der Waals surface area contributed by atoms with Crippen molar-refractivity contribution in [1.82, 2.24) is 4.90 Å². The molecule has 0 radical (unpaired) electrons. The molecule has 0 saturated carbocycles. The van der Waals surface area contributed by atoms with Crippen LogP contribution in [0.15, 0.2) is 36.4 Å². The number of hydrogen-bond acceptors (Lipinski definition) is 4. The Bertz CT molecular complexity index is 667. The van der Waals surface area contributed by atoms with Gasteiger partial charge in [-0.25, -0.2) is 0 Å². The second-order valence-electron chi connectivity index (χ2n) is 6.24. The number of rotatable bonds is 9. The van der Waals surface area contributed by atoms with Gasteiger partial charge in [0.05, 0.1) is 13.2 Å². The third-order valence-corrected chi connectivity index (χ3v) is 4.84. The predicted octanol–water partition coefficient (Wildman–Crippen LogP) is 4.56. The average Bonchev–Trinajstić information content (AvgIpc) is 3.03. The van der Waals surface area contributed by atoms with E-state index in [1.54, 1.807) is 7.11 Å². The van der Waals surface area contributed by atoms with Gasteiger partial charge in [0.1, 0.15) is 10.6 Å². The molecule has 1 heterocycles. The molecule has 25 heavy (non-hydrogen) atoms. The Hall–Kier alpha value is -1.85. The van der Waals surface area contributed by atoms with Crippen LogP contribution in [0.25, 0.3) is 10.4 Å². The van der Waals surface area contributed by atoms with Gasteiger partial charge in [0.25, 0.3) is 5.91 Å². The number of ether oxygens (including phenoxy) is 2. The van der Waals surface area contributed by atoms with E-state index >= 15 is 0 Å². The number of nitrogens with zero attached hydrogens (tertiary/aromatic N) is 1. The molecule has 0 atom stereocenters. The highest BCUT2D eigenvalue weighted by atomic mass is 32.1. The summed E-state index contributed by atoms with van der Waals surface area (Å²) in [4.78, 5) is 16.7. The zero-order valence-electron chi connectivity index (χ0n) is 15.5. The highest BCUT2D eigenvalue weighted by molar-refractivity contribution is 7.17. The Morgan fingerprint density at radius 3 is 2.56 bits per heavy atom. The quantitative estimate of drug-likeness (QED) is 0.657. The van der Waals surface area contributed by atoms with E-state index in [-0.39, 0.29) is 5.91 Å². The van der Waals surface area contributed by atoms with Crippen molar-refractivity contribution in [2.45, 2.75) is 20.8 Å². The third kappa shape index (κ3) is 5.31. The summed E-state index contributed by atoms with van der Waals surface area (Å²) in [7, 11) is 1.66. The van der Waals surface area contributed by atoms with Gasteiger partial charge in [-0.15, -0.1) is 11.3 Å². The Morgan fingerprint density at radius 1 is 1.24 bits per heavy atom. The zero-order chi connectivity index (χ0) is 18.2. The highest BCUT2D eigenvalue weighted by Gasteiger charge is 2.24. The smallest absolute Gasteiger partial charge is 0.267 e. The number of benzene rings is 1. The average molecular weight is 362 g/mol. The maximum atomic E-state index is 13.1. The SMILES string of the molecule is CCOc1cc(-c2ccccc2)sc1C(=O)N(CCOC)CC(C)C. The van der Waals surface area contributed by atoms with Gasteiger partial charge in [0.2, 0.25) is 0 Å². The molecule has 1 amide bonds. The van der Waals surface area contributed by atoms with E-state index in [4.69, 9.17) is 9.47 Å². The molecule has 0 aliphatic heterocycles. The third-order valence-electron chi connectivity index (χ3n) is 3.69. The standard InChI is InChI=1S/C20H27NO3S/c1-5-24-17-13-18(16-9-7-6-8-10-16)25-19(17)20(22)21(11-12-23-4)14-15(2)3/h6-10,13,15H,5,11-12,14H2,1-4H3. The first kappa shape index (κ1) is 19.5. The summed E-state index contributed by atoms with van der Waals surface area (Å²) in [5, 5.41) is 0. The molecule has 2 rings (SSSR count). The Morgan fingerprint density at radius 2 is 1.96 bits per heavy atom. The van der Waals surface area contributed by atoms with E-state index < -0.39 is 0 Å². The van der Waals surface area contributed by atoms with Crippen molar-refractivity contribution in [1.29, 1.82) is 0 Å². The van der Waals surface area contributed by atoms with Gasteiger partial charge in [0, 0.05) is 25.1 Å². The molecule has 0 fully saturated rings. The minimum Gasteiger partial charge on any atom is -0.492 e. The van der Waals surface area contributed by atoms with Gasteiger partial charge in [-0.1, -0.05) is 44.2 Å². The van der Waals surface area contributed by atoms with Crippen LogP contribution in [0.3, 0.4) is 0 Å². The number of carbonyl (C=O) groups is 1. The molecular formula is C20H27NO3S. The van der Waals surface area contributed by atoms with Crippen molar-refractivity contribution in [2.75, 3.05) is 33.4 Å². The number of hydrogen-bond donors (Lipinski definition) is 0. The van der Waals surface area contributed by atoms with Crippen LogP contribution in [0, 0.1) is 5.92 Å². The molecule has 0 spiro atoms. The largest absolute Gasteiger partial charge is 0.492 e. The highest BCUT2D eigenvalue weighted by Crippen LogP contribution is 2.37. The summed E-state index contributed by atoms with van der Waals surface area (Å²) < 4.78 is 10.9. The molecule has 5 heteroatoms. The van der Waals surface area contributed by atoms with Crippen LogP contribution in [0.5, 0.6) is 5.75 Å². The lowest BCUT2D eigenvalue weighted by Crippen LogP contribution is -2.36. The first-order chi connectivity index (χ1) is 12.1. The van der Waals surface area contributed by atoms with Crippen LogP contribution >= 0.6 is 11.3 Å². The van der Waals surface area contributed by atoms with E-state index in [0.29, 0.717) is 42.8 Å². The second-order valence-corrected chi connectivity index (χ2v) is 7.29. The van der Waals surface area contributed by atoms with Gasteiger partial charge in [-0.05, 0) is 24.5 Å². The lowest BCUT2D eigenvalue weighted by molar-refractivity contribution is 0.0673. The molecule has 0 saturated heterocycles. The van der Waals surface area contributed by atoms with E-state index in [2.05, 4.69) is 13.8 Å². The molecule has 0 unspecified atom stereocenters. The monoisotopic (exact) mass is 361 g/mol. The first-order valence-electron chi connectivity index (χ1n) is 8.67. The fraction of sp³-hybridized carbons (Fsp3) is 0.450. The summed E-state index contributed by atoms with van der Waals surface area (Å²) in [5.41, 5.74) is 1.10. The van der Waals surface area contributed by atoms with Gasteiger partial charge in [-0.2, -0.15) is 0 Å². The normalized spacial score (nSPS) is 10.9. The molecule has 136 valence electrons. The van der Waals surface area contributed by atoms with Crippen LogP contribution in [-0.2, 0) is 4.74 Å². The molecule has 4 nitrogen and oxygen atoms in total. The van der Waals surface area contributed by atoms with Crippen molar-refractivity contribution in [3.63, 3.8) is 0 Å². The van der Waals surface area contributed by atoms with Crippen molar-refractivity contribution in [3.8, 4) is 16.2 Å². The minimum atomic E-state index is 0.0152. The van der Waals surface area contributed by atoms with Crippen LogP contribution in [-0.4, -0.2) is 44.2 Å². The fourth-order valence-electron chi connectivity index (χ4n) is 2.59. The van der Waals surface area contributed by atoms with Crippen LogP contribution in [0.1, 0.15) is 30.4 Å². The molecule has 1 aromatic heterocycles. The molecule has 0 aliphatic rings. The number of thiophene rings is 1. The molecule has 0 aliphatic carbocycles. The molecular weight excluding hydrogens is 334 g/mol. The Labute approximate surface area is 154 Å². The van der Waals surface area contributed by atoms with Crippen molar-refractivity contribution < 1.29 is 14.3 Å². The van der Waals surface area contributed by atoms with Crippen molar-refractivity contribution >= 4 is 17.2 Å². The second kappa shape index (κ2) is 9.59. The molecule has 0 N–H and O–H groups in total. The summed E-state index contributed by atoms with van der Waals surface area (Å²) in [6.07, 6.45) is 0. The van der Waals surface area contributed by atoms with E-state index in [1.165, 1.54) is 11.3 Å². The fourth-order valence-corrected chi connectivity index (χ4v) is 3.67. The summed E-state index contributed by atoms with van der Waals surface area (Å²) in [6.45, 7) is 8.50. The van der Waals surface area contributed by atoms with Crippen LogP contribution in [0.4, 0.5) is 0 Å². The summed E-state index contributed by atoms with van der Waals surface area (Å²) in [5.74, 6) is 1.08. The number of carbonyl (C=O) groups excluding carboxylic acids is 1. The Balaban J connectivity index is 2.33. The van der Waals surface area contributed by atoms with Gasteiger partial charge >= 0.3 is 0 Å². The predicted molar refractivity (Wildman–Crippen MR) is 104 cm³/mol. The van der Waals surface area contributed by atoms with Crippen molar-refractivity contribution in [2.24, 2.45) is 5.92 Å². The van der Waals surface area contributed by atoms with E-state index in [0.717, 1.165) is 10.4 Å².